The Morgan fingerprint density at radius 1 is 0.852 bits per heavy atom. The number of methoxy groups -OCH3 is 1. The highest BCUT2D eigenvalue weighted by Gasteiger charge is 2.25. The first kappa shape index (κ1) is 17.6. The minimum atomic E-state index is 0.0163. The lowest BCUT2D eigenvalue weighted by molar-refractivity contribution is 0.0743. The Morgan fingerprint density at radius 3 is 2.04 bits per heavy atom. The zero-order chi connectivity index (χ0) is 18.6. The predicted molar refractivity (Wildman–Crippen MR) is 105 cm³/mol. The van der Waals surface area contributed by atoms with Gasteiger partial charge in [-0.05, 0) is 37.1 Å². The number of amides is 1. The predicted octanol–water partition coefficient (Wildman–Crippen LogP) is 2.05. The van der Waals surface area contributed by atoms with Gasteiger partial charge in [0.1, 0.15) is 5.75 Å². The van der Waals surface area contributed by atoms with Crippen molar-refractivity contribution in [2.45, 2.75) is 12.8 Å². The van der Waals surface area contributed by atoms with Gasteiger partial charge in [0.15, 0.2) is 11.6 Å². The average molecular weight is 367 g/mol. The number of carbonyl (C=O) groups is 1. The third-order valence-corrected chi connectivity index (χ3v) is 5.29. The number of ether oxygens (including phenoxy) is 1. The quantitative estimate of drug-likeness (QED) is 0.824. The lowest BCUT2D eigenvalue weighted by Crippen LogP contribution is -2.49. The molecule has 0 aliphatic carbocycles. The summed E-state index contributed by atoms with van der Waals surface area (Å²) in [6.45, 7) is 4.95. The van der Waals surface area contributed by atoms with Gasteiger partial charge in [-0.1, -0.05) is 12.1 Å². The maximum Gasteiger partial charge on any atom is 0.257 e. The van der Waals surface area contributed by atoms with Crippen LogP contribution in [0.2, 0.25) is 0 Å². The summed E-state index contributed by atoms with van der Waals surface area (Å²) in [6.07, 6.45) is 2.46. The maximum atomic E-state index is 12.8. The molecule has 7 heteroatoms. The molecule has 3 heterocycles. The summed E-state index contributed by atoms with van der Waals surface area (Å²) in [5.41, 5.74) is 0.614. The molecular weight excluding hydrogens is 342 g/mol. The Kier molecular flexibility index (Phi) is 5.09. The molecule has 142 valence electrons. The summed E-state index contributed by atoms with van der Waals surface area (Å²) in [7, 11) is 1.59. The van der Waals surface area contributed by atoms with Gasteiger partial charge >= 0.3 is 0 Å². The van der Waals surface area contributed by atoms with Crippen LogP contribution in [0.5, 0.6) is 5.75 Å². The fourth-order valence-corrected chi connectivity index (χ4v) is 3.73. The number of benzene rings is 1. The minimum Gasteiger partial charge on any atom is -0.496 e. The van der Waals surface area contributed by atoms with Crippen LogP contribution in [0, 0.1) is 0 Å². The van der Waals surface area contributed by atoms with Crippen molar-refractivity contribution >= 4 is 17.5 Å². The van der Waals surface area contributed by atoms with Crippen molar-refractivity contribution in [2.24, 2.45) is 0 Å². The molecule has 4 rings (SSSR count). The van der Waals surface area contributed by atoms with Crippen LogP contribution in [0.3, 0.4) is 0 Å². The molecule has 0 N–H and O–H groups in total. The summed E-state index contributed by atoms with van der Waals surface area (Å²) in [4.78, 5) is 19.1. The van der Waals surface area contributed by atoms with Gasteiger partial charge in [0.2, 0.25) is 0 Å². The fourth-order valence-electron chi connectivity index (χ4n) is 3.73. The Labute approximate surface area is 159 Å². The van der Waals surface area contributed by atoms with Gasteiger partial charge in [-0.3, -0.25) is 4.79 Å². The van der Waals surface area contributed by atoms with Gasteiger partial charge in [0.05, 0.1) is 12.7 Å². The number of carbonyl (C=O) groups excluding carboxylic acids is 1. The molecule has 2 saturated heterocycles. The number of aromatic nitrogens is 2. The van der Waals surface area contributed by atoms with E-state index in [1.54, 1.807) is 7.11 Å². The summed E-state index contributed by atoms with van der Waals surface area (Å²) in [5, 5.41) is 8.81. The molecule has 1 aromatic heterocycles. The van der Waals surface area contributed by atoms with Crippen LogP contribution in [0.25, 0.3) is 0 Å². The number of piperazine rings is 1. The highest BCUT2D eigenvalue weighted by atomic mass is 16.5. The molecule has 1 amide bonds. The van der Waals surface area contributed by atoms with Crippen LogP contribution in [0.4, 0.5) is 11.6 Å². The van der Waals surface area contributed by atoms with Crippen LogP contribution < -0.4 is 14.5 Å². The van der Waals surface area contributed by atoms with Crippen molar-refractivity contribution in [1.82, 2.24) is 15.1 Å². The second kappa shape index (κ2) is 7.82. The maximum absolute atomic E-state index is 12.8. The first-order valence-corrected chi connectivity index (χ1v) is 9.52. The molecule has 2 aliphatic rings. The monoisotopic (exact) mass is 367 g/mol. The van der Waals surface area contributed by atoms with Crippen LogP contribution in [0.15, 0.2) is 36.4 Å². The van der Waals surface area contributed by atoms with Crippen LogP contribution in [-0.2, 0) is 0 Å². The van der Waals surface area contributed by atoms with Crippen molar-refractivity contribution in [3.8, 4) is 5.75 Å². The third-order valence-electron chi connectivity index (χ3n) is 5.29. The number of anilines is 2. The van der Waals surface area contributed by atoms with E-state index in [9.17, 15) is 4.79 Å². The van der Waals surface area contributed by atoms with E-state index in [0.717, 1.165) is 37.8 Å². The molecule has 1 aromatic carbocycles. The van der Waals surface area contributed by atoms with Gasteiger partial charge in [-0.25, -0.2) is 0 Å². The number of rotatable bonds is 4. The standard InChI is InChI=1S/C20H25N5O2/c1-27-17-7-3-2-6-16(17)20(26)25-14-12-24(13-15-25)19-9-8-18(21-22-19)23-10-4-5-11-23/h2-3,6-9H,4-5,10-15H2,1H3. The zero-order valence-corrected chi connectivity index (χ0v) is 15.7. The summed E-state index contributed by atoms with van der Waals surface area (Å²) in [5.74, 6) is 2.47. The second-order valence-corrected chi connectivity index (χ2v) is 6.92. The molecule has 2 aromatic rings. The Hall–Kier alpha value is -2.83. The molecule has 0 spiro atoms. The summed E-state index contributed by atoms with van der Waals surface area (Å²) in [6, 6.07) is 11.5. The summed E-state index contributed by atoms with van der Waals surface area (Å²) < 4.78 is 5.32. The van der Waals surface area contributed by atoms with Gasteiger partial charge < -0.3 is 19.4 Å². The first-order valence-electron chi connectivity index (χ1n) is 9.52. The largest absolute Gasteiger partial charge is 0.496 e. The topological polar surface area (TPSA) is 61.8 Å². The van der Waals surface area contributed by atoms with Gasteiger partial charge in [-0.15, -0.1) is 10.2 Å². The molecule has 0 atom stereocenters. The molecule has 7 nitrogen and oxygen atoms in total. The molecule has 0 unspecified atom stereocenters. The Bertz CT molecular complexity index is 781. The second-order valence-electron chi connectivity index (χ2n) is 6.92. The number of para-hydroxylation sites is 1. The molecule has 2 fully saturated rings. The SMILES string of the molecule is COc1ccccc1C(=O)N1CCN(c2ccc(N3CCCC3)nn2)CC1. The molecular formula is C20H25N5O2. The lowest BCUT2D eigenvalue weighted by Gasteiger charge is -2.35. The minimum absolute atomic E-state index is 0.0163. The van der Waals surface area contributed by atoms with E-state index in [4.69, 9.17) is 4.74 Å². The van der Waals surface area contributed by atoms with Crippen molar-refractivity contribution in [1.29, 1.82) is 0 Å². The Balaban J connectivity index is 1.38. The average Bonchev–Trinajstić information content (AvgIpc) is 3.28. The van der Waals surface area contributed by atoms with Gasteiger partial charge in [0, 0.05) is 39.3 Å². The molecule has 0 saturated carbocycles. The van der Waals surface area contributed by atoms with Gasteiger partial charge in [0.25, 0.3) is 5.91 Å². The van der Waals surface area contributed by atoms with E-state index >= 15 is 0 Å². The van der Waals surface area contributed by atoms with E-state index < -0.39 is 0 Å². The van der Waals surface area contributed by atoms with Crippen LogP contribution in [-0.4, -0.2) is 67.4 Å². The molecule has 27 heavy (non-hydrogen) atoms. The highest BCUT2D eigenvalue weighted by Crippen LogP contribution is 2.22. The van der Waals surface area contributed by atoms with E-state index in [1.165, 1.54) is 12.8 Å². The van der Waals surface area contributed by atoms with Crippen molar-refractivity contribution < 1.29 is 9.53 Å². The molecule has 0 bridgehead atoms. The van der Waals surface area contributed by atoms with E-state index in [1.807, 2.05) is 35.2 Å². The number of nitrogens with zero attached hydrogens (tertiary/aromatic N) is 5. The lowest BCUT2D eigenvalue weighted by atomic mass is 10.1. The molecule has 2 aliphatic heterocycles. The molecule has 0 radical (unpaired) electrons. The highest BCUT2D eigenvalue weighted by molar-refractivity contribution is 5.97. The number of hydrogen-bond donors (Lipinski definition) is 0. The Morgan fingerprint density at radius 2 is 1.44 bits per heavy atom. The van der Waals surface area contributed by atoms with Gasteiger partial charge in [-0.2, -0.15) is 0 Å². The van der Waals surface area contributed by atoms with Crippen LogP contribution in [0.1, 0.15) is 23.2 Å². The van der Waals surface area contributed by atoms with Crippen molar-refractivity contribution in [3.63, 3.8) is 0 Å². The first-order chi connectivity index (χ1) is 13.3. The number of hydrogen-bond acceptors (Lipinski definition) is 6. The summed E-state index contributed by atoms with van der Waals surface area (Å²) >= 11 is 0. The zero-order valence-electron chi connectivity index (χ0n) is 15.7. The van der Waals surface area contributed by atoms with Crippen LogP contribution >= 0.6 is 0 Å². The van der Waals surface area contributed by atoms with Crippen molar-refractivity contribution in [2.75, 3.05) is 56.2 Å². The fraction of sp³-hybridized carbons (Fsp3) is 0.450. The third kappa shape index (κ3) is 3.67. The van der Waals surface area contributed by atoms with E-state index in [-0.39, 0.29) is 5.91 Å². The smallest absolute Gasteiger partial charge is 0.257 e. The normalized spacial score (nSPS) is 17.3. The van der Waals surface area contributed by atoms with Crippen molar-refractivity contribution in [3.05, 3.63) is 42.0 Å². The van der Waals surface area contributed by atoms with E-state index in [0.29, 0.717) is 24.4 Å². The van der Waals surface area contributed by atoms with E-state index in [2.05, 4.69) is 26.1 Å².